The van der Waals surface area contributed by atoms with Gasteiger partial charge in [-0.25, -0.2) is 0 Å². The van der Waals surface area contributed by atoms with E-state index in [9.17, 15) is 9.59 Å². The van der Waals surface area contributed by atoms with Gasteiger partial charge in [0.1, 0.15) is 11.8 Å². The number of ether oxygens (including phenoxy) is 1. The molecule has 5 nitrogen and oxygen atoms in total. The molecule has 0 aliphatic rings. The quantitative estimate of drug-likeness (QED) is 0.473. The number of hydrogen-bond acceptors (Lipinski definition) is 3. The summed E-state index contributed by atoms with van der Waals surface area (Å²) in [5.41, 5.74) is 2.92. The van der Waals surface area contributed by atoms with E-state index in [4.69, 9.17) is 4.74 Å². The van der Waals surface area contributed by atoms with E-state index in [1.807, 2.05) is 50.2 Å². The molecular weight excluding hydrogens is 412 g/mol. The number of hydrogen-bond donors (Lipinski definition) is 2. The number of amides is 2. The molecule has 0 aromatic heterocycles. The molecule has 0 fully saturated rings. The van der Waals surface area contributed by atoms with Crippen molar-refractivity contribution in [2.45, 2.75) is 32.2 Å². The average Bonchev–Trinajstić information content (AvgIpc) is 2.85. The summed E-state index contributed by atoms with van der Waals surface area (Å²) in [6.45, 7) is 4.36. The highest BCUT2D eigenvalue weighted by Gasteiger charge is 2.25. The molecule has 0 saturated carbocycles. The topological polar surface area (TPSA) is 67.4 Å². The molecule has 5 heteroatoms. The highest BCUT2D eigenvalue weighted by Crippen LogP contribution is 2.27. The summed E-state index contributed by atoms with van der Waals surface area (Å²) in [4.78, 5) is 25.6. The monoisotopic (exact) mass is 444 g/mol. The van der Waals surface area contributed by atoms with Crippen molar-refractivity contribution >= 4 is 11.8 Å². The van der Waals surface area contributed by atoms with Gasteiger partial charge in [0.2, 0.25) is 5.91 Å². The van der Waals surface area contributed by atoms with E-state index in [0.29, 0.717) is 17.9 Å². The fourth-order valence-electron chi connectivity index (χ4n) is 3.85. The van der Waals surface area contributed by atoms with E-state index in [2.05, 4.69) is 34.9 Å². The van der Waals surface area contributed by atoms with Crippen molar-refractivity contribution in [2.24, 2.45) is 5.92 Å². The zero-order valence-corrected chi connectivity index (χ0v) is 19.5. The molecule has 33 heavy (non-hydrogen) atoms. The van der Waals surface area contributed by atoms with Crippen LogP contribution in [0.1, 0.15) is 47.7 Å². The first kappa shape index (κ1) is 24.1. The minimum Gasteiger partial charge on any atom is -0.497 e. The Balaban J connectivity index is 1.63. The third-order valence-corrected chi connectivity index (χ3v) is 5.72. The minimum absolute atomic E-state index is 0.0498. The minimum atomic E-state index is -0.619. The lowest BCUT2D eigenvalue weighted by molar-refractivity contribution is -0.123. The molecule has 0 bridgehead atoms. The lowest BCUT2D eigenvalue weighted by Gasteiger charge is -2.23. The maximum atomic E-state index is 13.0. The van der Waals surface area contributed by atoms with Crippen LogP contribution in [-0.2, 0) is 4.79 Å². The Morgan fingerprint density at radius 3 is 1.85 bits per heavy atom. The molecule has 0 heterocycles. The molecular formula is C28H32N2O3. The van der Waals surface area contributed by atoms with E-state index < -0.39 is 6.04 Å². The van der Waals surface area contributed by atoms with Gasteiger partial charge in [-0.1, -0.05) is 74.5 Å². The van der Waals surface area contributed by atoms with Gasteiger partial charge >= 0.3 is 0 Å². The van der Waals surface area contributed by atoms with Crippen molar-refractivity contribution in [3.05, 3.63) is 102 Å². The number of nitrogens with one attached hydrogen (secondary N) is 2. The van der Waals surface area contributed by atoms with Gasteiger partial charge in [0, 0.05) is 18.0 Å². The summed E-state index contributed by atoms with van der Waals surface area (Å²) >= 11 is 0. The van der Waals surface area contributed by atoms with Crippen LogP contribution < -0.4 is 15.4 Å². The number of carbonyl (C=O) groups excluding carboxylic acids is 2. The van der Waals surface area contributed by atoms with E-state index in [1.165, 1.54) is 11.1 Å². The number of rotatable bonds is 10. The first-order valence-corrected chi connectivity index (χ1v) is 11.3. The summed E-state index contributed by atoms with van der Waals surface area (Å²) in [6.07, 6.45) is 0.761. The van der Waals surface area contributed by atoms with Gasteiger partial charge in [0.25, 0.3) is 5.91 Å². The maximum absolute atomic E-state index is 13.0. The third kappa shape index (κ3) is 6.69. The normalized spacial score (nSPS) is 11.8. The van der Waals surface area contributed by atoms with Crippen molar-refractivity contribution in [1.29, 1.82) is 0 Å². The molecule has 3 rings (SSSR count). The summed E-state index contributed by atoms with van der Waals surface area (Å²) < 4.78 is 5.14. The predicted octanol–water partition coefficient (Wildman–Crippen LogP) is 4.79. The molecule has 0 spiro atoms. The number of methoxy groups -OCH3 is 1. The molecule has 2 N–H and O–H groups in total. The van der Waals surface area contributed by atoms with E-state index in [0.717, 1.165) is 6.42 Å². The van der Waals surface area contributed by atoms with Crippen molar-refractivity contribution in [3.8, 4) is 5.75 Å². The Morgan fingerprint density at radius 1 is 0.818 bits per heavy atom. The predicted molar refractivity (Wildman–Crippen MR) is 131 cm³/mol. The molecule has 3 aromatic rings. The second-order valence-corrected chi connectivity index (χ2v) is 8.38. The second kappa shape index (κ2) is 11.9. The molecule has 2 amide bonds. The second-order valence-electron chi connectivity index (χ2n) is 8.38. The van der Waals surface area contributed by atoms with Gasteiger partial charge in [-0.3, -0.25) is 9.59 Å². The van der Waals surface area contributed by atoms with Crippen LogP contribution in [0.25, 0.3) is 0 Å². The standard InChI is InChI=1S/C28H32N2O3/c1-20(2)26(30-27(31)23-14-16-24(33-3)17-15-23)28(32)29-19-18-25(21-10-6-4-7-11-21)22-12-8-5-9-13-22/h4-17,20,25-26H,18-19H2,1-3H3,(H,29,32)(H,30,31)/t26-/m0/s1. The Hall–Kier alpha value is -3.60. The van der Waals surface area contributed by atoms with Crippen LogP contribution in [0.3, 0.4) is 0 Å². The van der Waals surface area contributed by atoms with Crippen molar-refractivity contribution in [2.75, 3.05) is 13.7 Å². The zero-order valence-electron chi connectivity index (χ0n) is 19.5. The highest BCUT2D eigenvalue weighted by molar-refractivity contribution is 5.97. The van der Waals surface area contributed by atoms with Crippen LogP contribution in [0.2, 0.25) is 0 Å². The maximum Gasteiger partial charge on any atom is 0.251 e. The summed E-state index contributed by atoms with van der Waals surface area (Å²) in [5, 5.41) is 5.92. The third-order valence-electron chi connectivity index (χ3n) is 5.72. The molecule has 0 aliphatic carbocycles. The van der Waals surface area contributed by atoms with Crippen molar-refractivity contribution in [3.63, 3.8) is 0 Å². The Kier molecular flexibility index (Phi) is 8.64. The van der Waals surface area contributed by atoms with Gasteiger partial charge in [-0.05, 0) is 47.7 Å². The molecule has 3 aromatic carbocycles. The molecule has 0 unspecified atom stereocenters. The van der Waals surface area contributed by atoms with E-state index in [-0.39, 0.29) is 23.7 Å². The highest BCUT2D eigenvalue weighted by atomic mass is 16.5. The van der Waals surface area contributed by atoms with Crippen molar-refractivity contribution < 1.29 is 14.3 Å². The zero-order chi connectivity index (χ0) is 23.6. The first-order valence-electron chi connectivity index (χ1n) is 11.3. The van der Waals surface area contributed by atoms with Crippen LogP contribution in [0.4, 0.5) is 0 Å². The van der Waals surface area contributed by atoms with Gasteiger partial charge in [-0.15, -0.1) is 0 Å². The smallest absolute Gasteiger partial charge is 0.251 e. The van der Waals surface area contributed by atoms with Crippen LogP contribution in [0.15, 0.2) is 84.9 Å². The van der Waals surface area contributed by atoms with E-state index in [1.54, 1.807) is 31.4 Å². The summed E-state index contributed by atoms with van der Waals surface area (Å²) in [7, 11) is 1.58. The summed E-state index contributed by atoms with van der Waals surface area (Å²) in [6, 6.07) is 26.8. The fourth-order valence-corrected chi connectivity index (χ4v) is 3.85. The van der Waals surface area contributed by atoms with Crippen LogP contribution in [-0.4, -0.2) is 31.5 Å². The average molecular weight is 445 g/mol. The molecule has 0 saturated heterocycles. The summed E-state index contributed by atoms with van der Waals surface area (Å²) in [5.74, 6) is 0.353. The Labute approximate surface area is 196 Å². The van der Waals surface area contributed by atoms with E-state index >= 15 is 0 Å². The van der Waals surface area contributed by atoms with Gasteiger partial charge in [0.15, 0.2) is 0 Å². The van der Waals surface area contributed by atoms with Crippen molar-refractivity contribution in [1.82, 2.24) is 10.6 Å². The first-order chi connectivity index (χ1) is 16.0. The Bertz CT molecular complexity index is 979. The van der Waals surface area contributed by atoms with Crippen LogP contribution in [0.5, 0.6) is 5.75 Å². The van der Waals surface area contributed by atoms with Crippen LogP contribution >= 0.6 is 0 Å². The molecule has 0 aliphatic heterocycles. The van der Waals surface area contributed by atoms with Gasteiger partial charge in [0.05, 0.1) is 7.11 Å². The lowest BCUT2D eigenvalue weighted by atomic mass is 9.88. The Morgan fingerprint density at radius 2 is 1.36 bits per heavy atom. The molecule has 1 atom stereocenters. The van der Waals surface area contributed by atoms with Crippen LogP contribution in [0, 0.1) is 5.92 Å². The van der Waals surface area contributed by atoms with Gasteiger partial charge in [-0.2, -0.15) is 0 Å². The fraction of sp³-hybridized carbons (Fsp3) is 0.286. The molecule has 172 valence electrons. The largest absolute Gasteiger partial charge is 0.497 e. The molecule has 0 radical (unpaired) electrons. The number of benzene rings is 3. The lowest BCUT2D eigenvalue weighted by Crippen LogP contribution is -2.50. The SMILES string of the molecule is COc1ccc(C(=O)N[C@H](C(=O)NCCC(c2ccccc2)c2ccccc2)C(C)C)cc1. The van der Waals surface area contributed by atoms with Gasteiger partial charge < -0.3 is 15.4 Å². The number of carbonyl (C=O) groups is 2.